The Labute approximate surface area is 141 Å². The fourth-order valence-corrected chi connectivity index (χ4v) is 2.57. The monoisotopic (exact) mass is 326 g/mol. The minimum absolute atomic E-state index is 0.0184. The summed E-state index contributed by atoms with van der Waals surface area (Å²) < 4.78 is 5.88. The highest BCUT2D eigenvalue weighted by atomic mass is 16.5. The van der Waals surface area contributed by atoms with Gasteiger partial charge in [0, 0.05) is 6.54 Å². The summed E-state index contributed by atoms with van der Waals surface area (Å²) in [6.45, 7) is 3.03. The van der Waals surface area contributed by atoms with Crippen molar-refractivity contribution >= 4 is 6.03 Å². The van der Waals surface area contributed by atoms with E-state index in [2.05, 4.69) is 17.4 Å². The molecule has 2 amide bonds. The van der Waals surface area contributed by atoms with Crippen LogP contribution in [0.2, 0.25) is 0 Å². The maximum Gasteiger partial charge on any atom is 0.317 e. The second kappa shape index (κ2) is 7.36. The van der Waals surface area contributed by atoms with E-state index >= 15 is 0 Å². The first-order valence-corrected chi connectivity index (χ1v) is 8.15. The van der Waals surface area contributed by atoms with Crippen LogP contribution in [0.25, 0.3) is 11.1 Å². The molecule has 0 aliphatic carbocycles. The predicted octanol–water partition coefficient (Wildman–Crippen LogP) is 2.51. The standard InChI is InChI=1S/C19H22N2O3/c1-14(22)11-20-19(23)21-12-18(13-21)24-17-9-7-16(8-10-17)15-5-3-2-4-6-15/h2-10,14,18,22H,11-13H2,1H3,(H,20,23). The fraction of sp³-hybridized carbons (Fsp3) is 0.316. The zero-order chi connectivity index (χ0) is 16.9. The van der Waals surface area contributed by atoms with Gasteiger partial charge in [-0.2, -0.15) is 0 Å². The Morgan fingerprint density at radius 1 is 1.17 bits per heavy atom. The van der Waals surface area contributed by atoms with E-state index in [0.29, 0.717) is 13.1 Å². The van der Waals surface area contributed by atoms with Crippen LogP contribution in [0.15, 0.2) is 54.6 Å². The quantitative estimate of drug-likeness (QED) is 0.887. The van der Waals surface area contributed by atoms with Crippen LogP contribution in [0.5, 0.6) is 5.75 Å². The van der Waals surface area contributed by atoms with Gasteiger partial charge in [0.15, 0.2) is 0 Å². The van der Waals surface area contributed by atoms with E-state index in [1.807, 2.05) is 42.5 Å². The van der Waals surface area contributed by atoms with Crippen molar-refractivity contribution < 1.29 is 14.6 Å². The number of ether oxygens (including phenoxy) is 1. The smallest absolute Gasteiger partial charge is 0.317 e. The van der Waals surface area contributed by atoms with Gasteiger partial charge < -0.3 is 20.1 Å². The Morgan fingerprint density at radius 3 is 2.42 bits per heavy atom. The maximum absolute atomic E-state index is 11.8. The average Bonchev–Trinajstić information content (AvgIpc) is 2.57. The van der Waals surface area contributed by atoms with Crippen LogP contribution in [0.4, 0.5) is 4.79 Å². The summed E-state index contributed by atoms with van der Waals surface area (Å²) in [4.78, 5) is 13.4. The van der Waals surface area contributed by atoms with Gasteiger partial charge in [0.25, 0.3) is 0 Å². The van der Waals surface area contributed by atoms with Crippen LogP contribution in [-0.2, 0) is 0 Å². The first-order valence-electron chi connectivity index (χ1n) is 8.15. The molecule has 1 atom stereocenters. The molecule has 3 rings (SSSR count). The molecule has 0 bridgehead atoms. The van der Waals surface area contributed by atoms with Crippen LogP contribution < -0.4 is 10.1 Å². The van der Waals surface area contributed by atoms with Gasteiger partial charge in [0.05, 0.1) is 19.2 Å². The van der Waals surface area contributed by atoms with Gasteiger partial charge in [0.1, 0.15) is 11.9 Å². The van der Waals surface area contributed by atoms with Crippen molar-refractivity contribution in [2.24, 2.45) is 0 Å². The molecule has 126 valence electrons. The van der Waals surface area contributed by atoms with Crippen LogP contribution in [0, 0.1) is 0 Å². The molecule has 2 N–H and O–H groups in total. The number of carbonyl (C=O) groups excluding carboxylic acids is 1. The van der Waals surface area contributed by atoms with Gasteiger partial charge >= 0.3 is 6.03 Å². The Morgan fingerprint density at radius 2 is 1.79 bits per heavy atom. The molecule has 1 aliphatic heterocycles. The molecule has 1 heterocycles. The van der Waals surface area contributed by atoms with E-state index in [0.717, 1.165) is 11.3 Å². The second-order valence-electron chi connectivity index (χ2n) is 6.07. The Kier molecular flexibility index (Phi) is 5.01. The second-order valence-corrected chi connectivity index (χ2v) is 6.07. The molecule has 2 aromatic rings. The van der Waals surface area contributed by atoms with E-state index in [1.54, 1.807) is 11.8 Å². The van der Waals surface area contributed by atoms with Gasteiger partial charge in [-0.25, -0.2) is 4.79 Å². The lowest BCUT2D eigenvalue weighted by Gasteiger charge is -2.38. The zero-order valence-electron chi connectivity index (χ0n) is 13.7. The SMILES string of the molecule is CC(O)CNC(=O)N1CC(Oc2ccc(-c3ccccc3)cc2)C1. The molecule has 0 saturated carbocycles. The third-order valence-corrected chi connectivity index (χ3v) is 3.95. The molecule has 1 aliphatic rings. The first kappa shape index (κ1) is 16.3. The number of carbonyl (C=O) groups is 1. The molecule has 5 nitrogen and oxygen atoms in total. The van der Waals surface area contributed by atoms with Gasteiger partial charge in [-0.15, -0.1) is 0 Å². The van der Waals surface area contributed by atoms with Crippen molar-refractivity contribution in [3.05, 3.63) is 54.6 Å². The minimum Gasteiger partial charge on any atom is -0.487 e. The summed E-state index contributed by atoms with van der Waals surface area (Å²) in [7, 11) is 0. The number of rotatable bonds is 5. The third kappa shape index (κ3) is 4.06. The van der Waals surface area contributed by atoms with Crippen molar-refractivity contribution in [1.29, 1.82) is 0 Å². The molecule has 0 aromatic heterocycles. The van der Waals surface area contributed by atoms with Crippen molar-refractivity contribution in [3.63, 3.8) is 0 Å². The zero-order valence-corrected chi connectivity index (χ0v) is 13.7. The first-order chi connectivity index (χ1) is 11.6. The highest BCUT2D eigenvalue weighted by molar-refractivity contribution is 5.75. The van der Waals surface area contributed by atoms with E-state index in [9.17, 15) is 4.79 Å². The largest absolute Gasteiger partial charge is 0.487 e. The third-order valence-electron chi connectivity index (χ3n) is 3.95. The summed E-state index contributed by atoms with van der Waals surface area (Å²) in [6, 6.07) is 18.0. The molecular weight excluding hydrogens is 304 g/mol. The van der Waals surface area contributed by atoms with Crippen LogP contribution in [0.3, 0.4) is 0 Å². The summed E-state index contributed by atoms with van der Waals surface area (Å²) in [5.74, 6) is 0.809. The summed E-state index contributed by atoms with van der Waals surface area (Å²) in [5, 5.41) is 11.8. The summed E-state index contributed by atoms with van der Waals surface area (Å²) in [6.07, 6.45) is -0.518. The van der Waals surface area contributed by atoms with Crippen molar-refractivity contribution in [1.82, 2.24) is 10.2 Å². The number of aliphatic hydroxyl groups excluding tert-OH is 1. The number of nitrogens with zero attached hydrogens (tertiary/aromatic N) is 1. The molecule has 0 spiro atoms. The molecule has 2 aromatic carbocycles. The lowest BCUT2D eigenvalue weighted by molar-refractivity contribution is 0.0433. The number of urea groups is 1. The van der Waals surface area contributed by atoms with Crippen LogP contribution >= 0.6 is 0 Å². The molecule has 1 fully saturated rings. The maximum atomic E-state index is 11.8. The number of amides is 2. The highest BCUT2D eigenvalue weighted by Crippen LogP contribution is 2.24. The van der Waals surface area contributed by atoms with E-state index in [1.165, 1.54) is 5.56 Å². The topological polar surface area (TPSA) is 61.8 Å². The van der Waals surface area contributed by atoms with E-state index in [-0.39, 0.29) is 18.7 Å². The minimum atomic E-state index is -0.537. The number of nitrogens with one attached hydrogen (secondary N) is 1. The lowest BCUT2D eigenvalue weighted by atomic mass is 10.1. The molecular formula is C19H22N2O3. The van der Waals surface area contributed by atoms with E-state index < -0.39 is 6.10 Å². The molecule has 24 heavy (non-hydrogen) atoms. The Balaban J connectivity index is 1.47. The molecule has 1 saturated heterocycles. The van der Waals surface area contributed by atoms with Crippen molar-refractivity contribution in [3.8, 4) is 16.9 Å². The lowest BCUT2D eigenvalue weighted by Crippen LogP contribution is -2.59. The van der Waals surface area contributed by atoms with Gasteiger partial charge in [-0.1, -0.05) is 42.5 Å². The van der Waals surface area contributed by atoms with Gasteiger partial charge in [-0.05, 0) is 30.2 Å². The van der Waals surface area contributed by atoms with Crippen LogP contribution in [-0.4, -0.2) is 47.9 Å². The molecule has 1 unspecified atom stereocenters. The van der Waals surface area contributed by atoms with E-state index in [4.69, 9.17) is 9.84 Å². The Bertz CT molecular complexity index is 665. The summed E-state index contributed by atoms with van der Waals surface area (Å²) in [5.41, 5.74) is 2.32. The molecule has 0 radical (unpaired) electrons. The average molecular weight is 326 g/mol. The van der Waals surface area contributed by atoms with Gasteiger partial charge in [-0.3, -0.25) is 0 Å². The number of benzene rings is 2. The van der Waals surface area contributed by atoms with Gasteiger partial charge in [0.2, 0.25) is 0 Å². The van der Waals surface area contributed by atoms with Crippen molar-refractivity contribution in [2.75, 3.05) is 19.6 Å². The van der Waals surface area contributed by atoms with Crippen LogP contribution in [0.1, 0.15) is 6.92 Å². The number of hydrogen-bond donors (Lipinski definition) is 2. The fourth-order valence-electron chi connectivity index (χ4n) is 2.57. The Hall–Kier alpha value is -2.53. The predicted molar refractivity (Wildman–Crippen MR) is 92.9 cm³/mol. The highest BCUT2D eigenvalue weighted by Gasteiger charge is 2.32. The number of hydrogen-bond acceptors (Lipinski definition) is 3. The summed E-state index contributed by atoms with van der Waals surface area (Å²) >= 11 is 0. The normalized spacial score (nSPS) is 15.5. The molecule has 5 heteroatoms. The number of aliphatic hydroxyl groups is 1. The number of likely N-dealkylation sites (tertiary alicyclic amines) is 1. The van der Waals surface area contributed by atoms with Crippen molar-refractivity contribution in [2.45, 2.75) is 19.1 Å².